The van der Waals surface area contributed by atoms with E-state index in [4.69, 9.17) is 9.47 Å². The number of benzene rings is 1. The number of nitrogens with zero attached hydrogens (tertiary/aromatic N) is 1. The van der Waals surface area contributed by atoms with Gasteiger partial charge in [-0.1, -0.05) is 6.07 Å². The molecule has 120 valence electrons. The molecule has 2 aliphatic heterocycles. The number of hydrogen-bond donors (Lipinski definition) is 0. The average Bonchev–Trinajstić information content (AvgIpc) is 2.92. The number of esters is 1. The molecule has 1 atom stereocenters. The van der Waals surface area contributed by atoms with E-state index in [9.17, 15) is 9.59 Å². The van der Waals surface area contributed by atoms with Crippen molar-refractivity contribution in [3.05, 3.63) is 64.7 Å². The molecule has 5 nitrogen and oxygen atoms in total. The first kappa shape index (κ1) is 14.6. The predicted octanol–water partition coefficient (Wildman–Crippen LogP) is 3.39. The first-order valence-electron chi connectivity index (χ1n) is 7.73. The summed E-state index contributed by atoms with van der Waals surface area (Å²) < 4.78 is 11.3. The second-order valence-electron chi connectivity index (χ2n) is 6.13. The highest BCUT2D eigenvalue weighted by atomic mass is 16.5. The molecule has 1 aromatic carbocycles. The van der Waals surface area contributed by atoms with Crippen molar-refractivity contribution in [2.75, 3.05) is 0 Å². The van der Waals surface area contributed by atoms with Crippen molar-refractivity contribution in [3.8, 4) is 11.5 Å². The molecule has 0 fully saturated rings. The van der Waals surface area contributed by atoms with Crippen LogP contribution in [0.3, 0.4) is 0 Å². The summed E-state index contributed by atoms with van der Waals surface area (Å²) in [6.45, 7) is 3.67. The summed E-state index contributed by atoms with van der Waals surface area (Å²) in [6.07, 6.45) is 3.60. The zero-order valence-corrected chi connectivity index (χ0v) is 13.3. The van der Waals surface area contributed by atoms with Gasteiger partial charge in [0, 0.05) is 23.9 Å². The second kappa shape index (κ2) is 5.30. The molecule has 0 saturated carbocycles. The van der Waals surface area contributed by atoms with Crippen molar-refractivity contribution in [3.63, 3.8) is 0 Å². The largest absolute Gasteiger partial charge is 0.452 e. The molecular weight excluding hydrogens is 306 g/mol. The van der Waals surface area contributed by atoms with Crippen LogP contribution in [0.2, 0.25) is 0 Å². The van der Waals surface area contributed by atoms with E-state index >= 15 is 0 Å². The number of pyridine rings is 1. The summed E-state index contributed by atoms with van der Waals surface area (Å²) in [5, 5.41) is 0. The Morgan fingerprint density at radius 3 is 2.71 bits per heavy atom. The van der Waals surface area contributed by atoms with Crippen molar-refractivity contribution in [1.82, 2.24) is 4.98 Å². The van der Waals surface area contributed by atoms with Gasteiger partial charge in [0.05, 0.1) is 12.0 Å². The van der Waals surface area contributed by atoms with Gasteiger partial charge in [0.2, 0.25) is 5.78 Å². The summed E-state index contributed by atoms with van der Waals surface area (Å²) in [5.41, 5.74) is 2.96. The number of hydrogen-bond acceptors (Lipinski definition) is 5. The van der Waals surface area contributed by atoms with Crippen LogP contribution in [0.5, 0.6) is 11.5 Å². The minimum absolute atomic E-state index is 0.130. The second-order valence-corrected chi connectivity index (χ2v) is 6.13. The molecule has 0 amide bonds. The fourth-order valence-corrected chi connectivity index (χ4v) is 3.19. The molecule has 5 heteroatoms. The van der Waals surface area contributed by atoms with Gasteiger partial charge in [-0.15, -0.1) is 0 Å². The highest BCUT2D eigenvalue weighted by Gasteiger charge is 2.38. The van der Waals surface area contributed by atoms with E-state index in [1.165, 1.54) is 0 Å². The van der Waals surface area contributed by atoms with E-state index in [2.05, 4.69) is 4.98 Å². The summed E-state index contributed by atoms with van der Waals surface area (Å²) in [4.78, 5) is 28.7. The Bertz CT molecular complexity index is 895. The summed E-state index contributed by atoms with van der Waals surface area (Å²) in [5.74, 6) is 0.615. The number of rotatable bonds is 1. The third kappa shape index (κ3) is 2.12. The Balaban J connectivity index is 1.93. The molecule has 2 aromatic rings. The molecule has 0 saturated heterocycles. The monoisotopic (exact) mass is 321 g/mol. The number of ether oxygens (including phenoxy) is 2. The zero-order valence-electron chi connectivity index (χ0n) is 13.3. The summed E-state index contributed by atoms with van der Waals surface area (Å²) >= 11 is 0. The van der Waals surface area contributed by atoms with E-state index < -0.39 is 0 Å². The molecule has 0 aliphatic carbocycles. The molecule has 0 spiro atoms. The van der Waals surface area contributed by atoms with Crippen molar-refractivity contribution in [1.29, 1.82) is 0 Å². The van der Waals surface area contributed by atoms with Crippen molar-refractivity contribution in [2.45, 2.75) is 26.2 Å². The molecule has 0 radical (unpaired) electrons. The molecule has 0 bridgehead atoms. The van der Waals surface area contributed by atoms with Crippen LogP contribution < -0.4 is 9.47 Å². The predicted molar refractivity (Wildman–Crippen MR) is 86.1 cm³/mol. The van der Waals surface area contributed by atoms with E-state index in [1.54, 1.807) is 24.5 Å². The quantitative estimate of drug-likeness (QED) is 0.457. The standard InChI is InChI=1S/C19H15NO4/c1-10(2)18-17(22)12-5-6-14-16(19(12)24-18)13(8-15(21)23-14)11-4-3-7-20-9-11/h3-7,9,13H,8H2,1-2H3/t13-/m0/s1. The van der Waals surface area contributed by atoms with Gasteiger partial charge in [-0.2, -0.15) is 0 Å². The number of Topliss-reactive ketones (excluding diaryl/α,β-unsaturated/α-hetero) is 1. The van der Waals surface area contributed by atoms with Crippen LogP contribution in [0, 0.1) is 0 Å². The van der Waals surface area contributed by atoms with Crippen LogP contribution in [0.15, 0.2) is 48.0 Å². The molecule has 0 unspecified atom stereocenters. The number of fused-ring (bicyclic) bond motifs is 3. The van der Waals surface area contributed by atoms with Gasteiger partial charge in [0.25, 0.3) is 0 Å². The van der Waals surface area contributed by atoms with Gasteiger partial charge in [-0.3, -0.25) is 14.6 Å². The first-order valence-corrected chi connectivity index (χ1v) is 7.73. The zero-order chi connectivity index (χ0) is 16.8. The number of allylic oxidation sites excluding steroid dienone is 2. The highest BCUT2D eigenvalue weighted by Crippen LogP contribution is 2.48. The maximum atomic E-state index is 12.5. The summed E-state index contributed by atoms with van der Waals surface area (Å²) in [6, 6.07) is 7.07. The van der Waals surface area contributed by atoms with Crippen LogP contribution in [-0.2, 0) is 4.79 Å². The smallest absolute Gasteiger partial charge is 0.312 e. The Kier molecular flexibility index (Phi) is 3.23. The van der Waals surface area contributed by atoms with Gasteiger partial charge >= 0.3 is 5.97 Å². The number of carbonyl (C=O) groups excluding carboxylic acids is 2. The number of carbonyl (C=O) groups is 2. The van der Waals surface area contributed by atoms with Crippen molar-refractivity contribution < 1.29 is 19.1 Å². The van der Waals surface area contributed by atoms with Crippen LogP contribution in [-0.4, -0.2) is 16.7 Å². The van der Waals surface area contributed by atoms with Crippen molar-refractivity contribution in [2.24, 2.45) is 0 Å². The van der Waals surface area contributed by atoms with Crippen molar-refractivity contribution >= 4 is 11.8 Å². The topological polar surface area (TPSA) is 65.5 Å². The first-order chi connectivity index (χ1) is 11.6. The van der Waals surface area contributed by atoms with Crippen LogP contribution in [0.4, 0.5) is 0 Å². The summed E-state index contributed by atoms with van der Waals surface area (Å²) in [7, 11) is 0. The lowest BCUT2D eigenvalue weighted by Gasteiger charge is -2.26. The minimum atomic E-state index is -0.303. The Morgan fingerprint density at radius 2 is 2.00 bits per heavy atom. The van der Waals surface area contributed by atoms with Gasteiger partial charge in [-0.05, 0) is 43.2 Å². The Labute approximate surface area is 138 Å². The van der Waals surface area contributed by atoms with E-state index in [-0.39, 0.29) is 24.1 Å². The molecule has 1 aromatic heterocycles. The SMILES string of the molecule is CC(C)=C1Oc2c(ccc3c2[C@H](c2cccnc2)CC(=O)O3)C1=O. The van der Waals surface area contributed by atoms with Crippen LogP contribution >= 0.6 is 0 Å². The molecule has 4 rings (SSSR count). The maximum Gasteiger partial charge on any atom is 0.312 e. The normalized spacial score (nSPS) is 18.6. The Hall–Kier alpha value is -2.95. The lowest BCUT2D eigenvalue weighted by Crippen LogP contribution is -2.21. The van der Waals surface area contributed by atoms with E-state index in [0.717, 1.165) is 16.7 Å². The Morgan fingerprint density at radius 1 is 1.17 bits per heavy atom. The fourth-order valence-electron chi connectivity index (χ4n) is 3.19. The third-order valence-electron chi connectivity index (χ3n) is 4.30. The van der Waals surface area contributed by atoms with E-state index in [1.807, 2.05) is 26.0 Å². The molecule has 0 N–H and O–H groups in total. The van der Waals surface area contributed by atoms with E-state index in [0.29, 0.717) is 22.8 Å². The third-order valence-corrected chi connectivity index (χ3v) is 4.30. The van der Waals surface area contributed by atoms with Crippen LogP contribution in [0.1, 0.15) is 47.7 Å². The lowest BCUT2D eigenvalue weighted by molar-refractivity contribution is -0.135. The molecule has 3 heterocycles. The molecule has 24 heavy (non-hydrogen) atoms. The van der Waals surface area contributed by atoms with Crippen LogP contribution in [0.25, 0.3) is 0 Å². The van der Waals surface area contributed by atoms with Gasteiger partial charge in [-0.25, -0.2) is 0 Å². The molecular formula is C19H15NO4. The number of ketones is 1. The van der Waals surface area contributed by atoms with Gasteiger partial charge in [0.1, 0.15) is 11.5 Å². The minimum Gasteiger partial charge on any atom is -0.452 e. The fraction of sp³-hybridized carbons (Fsp3) is 0.211. The van der Waals surface area contributed by atoms with Gasteiger partial charge in [0.15, 0.2) is 5.76 Å². The van der Waals surface area contributed by atoms with Gasteiger partial charge < -0.3 is 9.47 Å². The number of aromatic nitrogens is 1. The maximum absolute atomic E-state index is 12.5. The lowest BCUT2D eigenvalue weighted by atomic mass is 9.85. The average molecular weight is 321 g/mol. The highest BCUT2D eigenvalue weighted by molar-refractivity contribution is 6.13. The molecule has 2 aliphatic rings.